The van der Waals surface area contributed by atoms with Crippen LogP contribution in [0.3, 0.4) is 0 Å². The average Bonchev–Trinajstić information content (AvgIpc) is 2.46. The third-order valence-corrected chi connectivity index (χ3v) is 3.32. The second kappa shape index (κ2) is 5.82. The number of hydrogen-bond acceptors (Lipinski definition) is 5. The summed E-state index contributed by atoms with van der Waals surface area (Å²) in [4.78, 5) is 15.2. The van der Waals surface area contributed by atoms with Crippen LogP contribution >= 0.6 is 0 Å². The molecule has 0 bridgehead atoms. The highest BCUT2D eigenvalue weighted by molar-refractivity contribution is 6.02. The Labute approximate surface area is 114 Å². The van der Waals surface area contributed by atoms with E-state index in [0.717, 1.165) is 25.5 Å². The van der Waals surface area contributed by atoms with E-state index in [1.165, 1.54) is 16.9 Å². The standard InChI is InChI=1S/C14H20N4O/c1-10(2)12-9-18(6-5-13(12)15-3)14-16-7-11(19-4)8-17-14/h7-8H,5-6,9H2,1-4H3/b15-13-. The molecule has 0 radical (unpaired) electrons. The van der Waals surface area contributed by atoms with Crippen molar-refractivity contribution < 1.29 is 4.74 Å². The van der Waals surface area contributed by atoms with E-state index in [2.05, 4.69) is 33.7 Å². The molecule has 2 rings (SSSR count). The monoisotopic (exact) mass is 260 g/mol. The summed E-state index contributed by atoms with van der Waals surface area (Å²) in [5.41, 5.74) is 3.80. The molecule has 0 aliphatic carbocycles. The molecule has 1 aromatic rings. The fourth-order valence-electron chi connectivity index (χ4n) is 2.20. The molecule has 1 aliphatic heterocycles. The van der Waals surface area contributed by atoms with Crippen LogP contribution in [-0.4, -0.2) is 42.9 Å². The average molecular weight is 260 g/mol. The summed E-state index contributed by atoms with van der Waals surface area (Å²) >= 11 is 0. The second-order valence-corrected chi connectivity index (χ2v) is 4.74. The Bertz CT molecular complexity index is 501. The molecule has 0 aromatic carbocycles. The summed E-state index contributed by atoms with van der Waals surface area (Å²) in [6.45, 7) is 5.97. The van der Waals surface area contributed by atoms with Crippen LogP contribution in [0, 0.1) is 0 Å². The van der Waals surface area contributed by atoms with Gasteiger partial charge in [0.15, 0.2) is 5.75 Å². The Balaban J connectivity index is 2.21. The van der Waals surface area contributed by atoms with Gasteiger partial charge in [-0.3, -0.25) is 4.99 Å². The molecule has 2 heterocycles. The molecular weight excluding hydrogens is 240 g/mol. The van der Waals surface area contributed by atoms with E-state index < -0.39 is 0 Å². The first kappa shape index (κ1) is 13.5. The zero-order valence-corrected chi connectivity index (χ0v) is 12.0. The van der Waals surface area contributed by atoms with E-state index in [4.69, 9.17) is 4.74 Å². The molecular formula is C14H20N4O. The molecule has 0 unspecified atom stereocenters. The van der Waals surface area contributed by atoms with Crippen molar-refractivity contribution in [2.45, 2.75) is 20.3 Å². The zero-order valence-electron chi connectivity index (χ0n) is 12.0. The molecule has 0 spiro atoms. The van der Waals surface area contributed by atoms with Crippen molar-refractivity contribution in [1.82, 2.24) is 9.97 Å². The second-order valence-electron chi connectivity index (χ2n) is 4.74. The molecule has 5 nitrogen and oxygen atoms in total. The maximum Gasteiger partial charge on any atom is 0.225 e. The lowest BCUT2D eigenvalue weighted by molar-refractivity contribution is 0.410. The van der Waals surface area contributed by atoms with Gasteiger partial charge in [-0.05, 0) is 19.4 Å². The lowest BCUT2D eigenvalue weighted by atomic mass is 9.98. The van der Waals surface area contributed by atoms with Crippen molar-refractivity contribution in [2.75, 3.05) is 32.1 Å². The maximum absolute atomic E-state index is 5.08. The molecule has 1 aromatic heterocycles. The Hall–Kier alpha value is -1.91. The molecule has 19 heavy (non-hydrogen) atoms. The fourth-order valence-corrected chi connectivity index (χ4v) is 2.20. The van der Waals surface area contributed by atoms with Gasteiger partial charge in [0.2, 0.25) is 5.95 Å². The van der Waals surface area contributed by atoms with E-state index in [-0.39, 0.29) is 0 Å². The predicted octanol–water partition coefficient (Wildman–Crippen LogP) is 2.10. The highest BCUT2D eigenvalue weighted by Crippen LogP contribution is 2.21. The lowest BCUT2D eigenvalue weighted by Gasteiger charge is -2.30. The Morgan fingerprint density at radius 3 is 2.53 bits per heavy atom. The van der Waals surface area contributed by atoms with Crippen LogP contribution in [0.25, 0.3) is 0 Å². The van der Waals surface area contributed by atoms with Crippen molar-refractivity contribution in [2.24, 2.45) is 4.99 Å². The van der Waals surface area contributed by atoms with E-state index in [9.17, 15) is 0 Å². The highest BCUT2D eigenvalue weighted by atomic mass is 16.5. The summed E-state index contributed by atoms with van der Waals surface area (Å²) in [5.74, 6) is 1.42. The third kappa shape index (κ3) is 2.92. The maximum atomic E-state index is 5.08. The van der Waals surface area contributed by atoms with Gasteiger partial charge in [-0.15, -0.1) is 0 Å². The van der Waals surface area contributed by atoms with E-state index in [1.54, 1.807) is 19.5 Å². The quantitative estimate of drug-likeness (QED) is 0.817. The van der Waals surface area contributed by atoms with E-state index in [1.807, 2.05) is 7.05 Å². The van der Waals surface area contributed by atoms with Crippen LogP contribution in [0.5, 0.6) is 5.75 Å². The van der Waals surface area contributed by atoms with Crippen LogP contribution in [0.2, 0.25) is 0 Å². The van der Waals surface area contributed by atoms with Gasteiger partial charge in [0, 0.05) is 32.3 Å². The smallest absolute Gasteiger partial charge is 0.225 e. The topological polar surface area (TPSA) is 50.6 Å². The SMILES string of the molecule is C/N=C1/CCN(c2ncc(OC)cn2)CC1=C(C)C. The molecule has 0 atom stereocenters. The normalized spacial score (nSPS) is 17.8. The van der Waals surface area contributed by atoms with Crippen molar-refractivity contribution in [3.8, 4) is 5.75 Å². The first-order chi connectivity index (χ1) is 9.15. The Morgan fingerprint density at radius 1 is 1.32 bits per heavy atom. The largest absolute Gasteiger partial charge is 0.494 e. The summed E-state index contributed by atoms with van der Waals surface area (Å²) in [6.07, 6.45) is 4.34. The number of ether oxygens (including phenoxy) is 1. The van der Waals surface area contributed by atoms with Crippen molar-refractivity contribution >= 4 is 11.7 Å². The van der Waals surface area contributed by atoms with E-state index >= 15 is 0 Å². The highest BCUT2D eigenvalue weighted by Gasteiger charge is 2.22. The van der Waals surface area contributed by atoms with Gasteiger partial charge < -0.3 is 9.64 Å². The number of methoxy groups -OCH3 is 1. The first-order valence-electron chi connectivity index (χ1n) is 6.39. The van der Waals surface area contributed by atoms with Crippen molar-refractivity contribution in [3.05, 3.63) is 23.5 Å². The number of allylic oxidation sites excluding steroid dienone is 1. The lowest BCUT2D eigenvalue weighted by Crippen LogP contribution is -2.37. The van der Waals surface area contributed by atoms with Gasteiger partial charge in [0.25, 0.3) is 0 Å². The Kier molecular flexibility index (Phi) is 4.14. The minimum absolute atomic E-state index is 0.680. The number of aromatic nitrogens is 2. The van der Waals surface area contributed by atoms with Crippen molar-refractivity contribution in [3.63, 3.8) is 0 Å². The Morgan fingerprint density at radius 2 is 2.00 bits per heavy atom. The minimum atomic E-state index is 0.680. The van der Waals surface area contributed by atoms with Gasteiger partial charge in [0.1, 0.15) is 0 Å². The molecule has 1 fully saturated rings. The zero-order chi connectivity index (χ0) is 13.8. The van der Waals surface area contributed by atoms with Crippen LogP contribution in [0.1, 0.15) is 20.3 Å². The van der Waals surface area contributed by atoms with Gasteiger partial charge in [-0.25, -0.2) is 9.97 Å². The number of nitrogens with zero attached hydrogens (tertiary/aromatic N) is 4. The van der Waals surface area contributed by atoms with Gasteiger partial charge in [-0.1, -0.05) is 5.57 Å². The summed E-state index contributed by atoms with van der Waals surface area (Å²) in [6, 6.07) is 0. The molecule has 102 valence electrons. The molecule has 0 N–H and O–H groups in total. The van der Waals surface area contributed by atoms with Gasteiger partial charge >= 0.3 is 0 Å². The van der Waals surface area contributed by atoms with E-state index in [0.29, 0.717) is 5.75 Å². The number of hydrogen-bond donors (Lipinski definition) is 0. The van der Waals surface area contributed by atoms with Crippen LogP contribution in [-0.2, 0) is 0 Å². The number of rotatable bonds is 2. The molecule has 1 aliphatic rings. The molecule has 1 saturated heterocycles. The van der Waals surface area contributed by atoms with Gasteiger partial charge in [0.05, 0.1) is 19.5 Å². The van der Waals surface area contributed by atoms with Crippen LogP contribution in [0.15, 0.2) is 28.5 Å². The number of aliphatic imine (C=N–C) groups is 1. The minimum Gasteiger partial charge on any atom is -0.494 e. The predicted molar refractivity (Wildman–Crippen MR) is 77.1 cm³/mol. The summed E-state index contributed by atoms with van der Waals surface area (Å²) in [5, 5.41) is 0. The number of anilines is 1. The van der Waals surface area contributed by atoms with Crippen LogP contribution < -0.4 is 9.64 Å². The summed E-state index contributed by atoms with van der Waals surface area (Å²) < 4.78 is 5.08. The fraction of sp³-hybridized carbons (Fsp3) is 0.500. The molecule has 0 amide bonds. The van der Waals surface area contributed by atoms with Crippen LogP contribution in [0.4, 0.5) is 5.95 Å². The van der Waals surface area contributed by atoms with Gasteiger partial charge in [-0.2, -0.15) is 0 Å². The summed E-state index contributed by atoms with van der Waals surface area (Å²) in [7, 11) is 3.47. The van der Waals surface area contributed by atoms with Crippen molar-refractivity contribution in [1.29, 1.82) is 0 Å². The first-order valence-corrected chi connectivity index (χ1v) is 6.39. The molecule has 5 heteroatoms. The third-order valence-electron chi connectivity index (χ3n) is 3.32. The number of piperidine rings is 1. The molecule has 0 saturated carbocycles.